The summed E-state index contributed by atoms with van der Waals surface area (Å²) < 4.78 is 12.8. The van der Waals surface area contributed by atoms with Gasteiger partial charge in [-0.15, -0.1) is 12.4 Å². The summed E-state index contributed by atoms with van der Waals surface area (Å²) in [6, 6.07) is 5.52. The summed E-state index contributed by atoms with van der Waals surface area (Å²) in [5, 5.41) is 11.6. The number of carbonyl (C=O) groups is 1. The Morgan fingerprint density at radius 3 is 2.73 bits per heavy atom. The third-order valence-corrected chi connectivity index (χ3v) is 2.50. The average molecular weight is 232 g/mol. The van der Waals surface area contributed by atoms with Crippen LogP contribution in [-0.2, 0) is 4.79 Å². The van der Waals surface area contributed by atoms with Crippen molar-refractivity contribution >= 4 is 18.4 Å². The molecule has 0 spiro atoms. The molecule has 15 heavy (non-hydrogen) atoms. The molecule has 0 saturated carbocycles. The van der Waals surface area contributed by atoms with Crippen molar-refractivity contribution in [1.82, 2.24) is 5.32 Å². The van der Waals surface area contributed by atoms with Gasteiger partial charge in [0.2, 0.25) is 0 Å². The summed E-state index contributed by atoms with van der Waals surface area (Å²) in [6.45, 7) is 0.598. The summed E-state index contributed by atoms with van der Waals surface area (Å²) in [7, 11) is 0. The molecule has 0 aromatic heterocycles. The Morgan fingerprint density at radius 2 is 2.27 bits per heavy atom. The largest absolute Gasteiger partial charge is 0.480 e. The van der Waals surface area contributed by atoms with Crippen molar-refractivity contribution in [2.45, 2.75) is 12.0 Å². The fraction of sp³-hybridized carbons (Fsp3) is 0.300. The summed E-state index contributed by atoms with van der Waals surface area (Å²) in [5.74, 6) is -1.31. The number of rotatable bonds is 2. The van der Waals surface area contributed by atoms with Gasteiger partial charge in [0.1, 0.15) is 11.9 Å². The first-order chi connectivity index (χ1) is 6.68. The zero-order chi connectivity index (χ0) is 10.1. The van der Waals surface area contributed by atoms with E-state index in [0.717, 1.165) is 5.56 Å². The van der Waals surface area contributed by atoms with Gasteiger partial charge in [-0.25, -0.2) is 4.39 Å². The molecular weight excluding hydrogens is 221 g/mol. The molecule has 1 aliphatic heterocycles. The molecule has 0 bridgehead atoms. The van der Waals surface area contributed by atoms with Crippen LogP contribution in [-0.4, -0.2) is 23.7 Å². The Hall–Kier alpha value is -1.13. The molecule has 1 aromatic rings. The molecule has 82 valence electrons. The fourth-order valence-corrected chi connectivity index (χ4v) is 1.66. The lowest BCUT2D eigenvalue weighted by Gasteiger charge is -2.35. The van der Waals surface area contributed by atoms with Crippen LogP contribution in [0.2, 0.25) is 0 Å². The van der Waals surface area contributed by atoms with Crippen molar-refractivity contribution in [1.29, 1.82) is 0 Å². The van der Waals surface area contributed by atoms with Crippen molar-refractivity contribution in [3.05, 3.63) is 35.6 Å². The second kappa shape index (κ2) is 4.59. The molecule has 1 saturated heterocycles. The van der Waals surface area contributed by atoms with Gasteiger partial charge in [0.15, 0.2) is 0 Å². The number of hydrogen-bond acceptors (Lipinski definition) is 2. The predicted molar refractivity (Wildman–Crippen MR) is 55.8 cm³/mol. The maximum absolute atomic E-state index is 12.8. The first-order valence-corrected chi connectivity index (χ1v) is 4.40. The molecule has 1 aliphatic rings. The van der Waals surface area contributed by atoms with Crippen LogP contribution >= 0.6 is 12.4 Å². The van der Waals surface area contributed by atoms with Crippen LogP contribution in [0.25, 0.3) is 0 Å². The fourth-order valence-electron chi connectivity index (χ4n) is 1.66. The Balaban J connectivity index is 0.00000112. The Labute approximate surface area is 92.7 Å². The number of carboxylic acids is 1. The van der Waals surface area contributed by atoms with Crippen molar-refractivity contribution in [2.24, 2.45) is 0 Å². The third kappa shape index (κ3) is 2.27. The first kappa shape index (κ1) is 11.9. The lowest BCUT2D eigenvalue weighted by atomic mass is 9.85. The molecule has 2 atom stereocenters. The smallest absolute Gasteiger partial charge is 0.321 e. The Kier molecular flexibility index (Phi) is 3.66. The van der Waals surface area contributed by atoms with Gasteiger partial charge < -0.3 is 10.4 Å². The van der Waals surface area contributed by atoms with E-state index in [2.05, 4.69) is 5.32 Å². The number of carboxylic acid groups (broad SMARTS) is 1. The van der Waals surface area contributed by atoms with Crippen LogP contribution < -0.4 is 5.32 Å². The van der Waals surface area contributed by atoms with Crippen LogP contribution in [0.1, 0.15) is 11.5 Å². The number of halogens is 2. The Bertz CT molecular complexity index is 372. The minimum atomic E-state index is -0.884. The molecule has 0 unspecified atom stereocenters. The van der Waals surface area contributed by atoms with E-state index in [-0.39, 0.29) is 24.1 Å². The number of nitrogens with one attached hydrogen (secondary N) is 1. The normalized spacial score (nSPS) is 23.8. The van der Waals surface area contributed by atoms with E-state index in [0.29, 0.717) is 6.54 Å². The highest BCUT2D eigenvalue weighted by atomic mass is 35.5. The van der Waals surface area contributed by atoms with Crippen molar-refractivity contribution < 1.29 is 14.3 Å². The first-order valence-electron chi connectivity index (χ1n) is 4.40. The van der Waals surface area contributed by atoms with E-state index in [1.807, 2.05) is 0 Å². The quantitative estimate of drug-likeness (QED) is 0.809. The minimum absolute atomic E-state index is 0. The molecule has 1 heterocycles. The lowest BCUT2D eigenvalue weighted by Crippen LogP contribution is -2.55. The lowest BCUT2D eigenvalue weighted by molar-refractivity contribution is -0.142. The van der Waals surface area contributed by atoms with Crippen LogP contribution in [0.4, 0.5) is 4.39 Å². The minimum Gasteiger partial charge on any atom is -0.480 e. The van der Waals surface area contributed by atoms with Gasteiger partial charge in [-0.05, 0) is 17.7 Å². The topological polar surface area (TPSA) is 49.3 Å². The standard InChI is InChI=1S/C10H10FNO2.ClH/c11-7-3-1-2-6(4-7)8-5-12-9(8)10(13)14;/h1-4,8-9,12H,5H2,(H,13,14);1H/t8-,9+;/m0./s1. The summed E-state index contributed by atoms with van der Waals surface area (Å²) in [4.78, 5) is 10.7. The summed E-state index contributed by atoms with van der Waals surface area (Å²) in [6.07, 6.45) is 0. The van der Waals surface area contributed by atoms with Crippen LogP contribution in [0.5, 0.6) is 0 Å². The molecule has 0 aliphatic carbocycles. The van der Waals surface area contributed by atoms with E-state index in [4.69, 9.17) is 5.11 Å². The number of hydrogen-bond donors (Lipinski definition) is 2. The predicted octanol–water partition coefficient (Wildman–Crippen LogP) is 1.39. The van der Waals surface area contributed by atoms with Gasteiger partial charge in [0.05, 0.1) is 0 Å². The van der Waals surface area contributed by atoms with Crippen molar-refractivity contribution in [3.63, 3.8) is 0 Å². The SMILES string of the molecule is Cl.O=C(O)[C@@H]1NC[C@H]1c1cccc(F)c1. The molecular formula is C10H11ClFNO2. The molecule has 2 N–H and O–H groups in total. The molecule has 1 aromatic carbocycles. The monoisotopic (exact) mass is 231 g/mol. The Morgan fingerprint density at radius 1 is 1.53 bits per heavy atom. The molecule has 0 radical (unpaired) electrons. The zero-order valence-corrected chi connectivity index (χ0v) is 8.63. The average Bonchev–Trinajstić information content (AvgIpc) is 2.00. The van der Waals surface area contributed by atoms with Crippen LogP contribution in [0.15, 0.2) is 24.3 Å². The van der Waals surface area contributed by atoms with Gasteiger partial charge in [0.25, 0.3) is 0 Å². The van der Waals surface area contributed by atoms with E-state index in [1.54, 1.807) is 12.1 Å². The van der Waals surface area contributed by atoms with Crippen molar-refractivity contribution in [2.75, 3.05) is 6.54 Å². The van der Waals surface area contributed by atoms with Gasteiger partial charge in [-0.3, -0.25) is 4.79 Å². The highest BCUT2D eigenvalue weighted by molar-refractivity contribution is 5.85. The van der Waals surface area contributed by atoms with E-state index < -0.39 is 12.0 Å². The van der Waals surface area contributed by atoms with E-state index in [9.17, 15) is 9.18 Å². The highest BCUT2D eigenvalue weighted by Crippen LogP contribution is 2.26. The van der Waals surface area contributed by atoms with Gasteiger partial charge in [0, 0.05) is 12.5 Å². The molecule has 5 heteroatoms. The second-order valence-corrected chi connectivity index (χ2v) is 3.39. The van der Waals surface area contributed by atoms with Gasteiger partial charge >= 0.3 is 5.97 Å². The molecule has 1 fully saturated rings. The van der Waals surface area contributed by atoms with E-state index >= 15 is 0 Å². The zero-order valence-electron chi connectivity index (χ0n) is 7.81. The number of aliphatic carboxylic acids is 1. The van der Waals surface area contributed by atoms with Crippen LogP contribution in [0, 0.1) is 5.82 Å². The maximum atomic E-state index is 12.8. The van der Waals surface area contributed by atoms with E-state index in [1.165, 1.54) is 12.1 Å². The van der Waals surface area contributed by atoms with Crippen LogP contribution in [0.3, 0.4) is 0 Å². The molecule has 0 amide bonds. The van der Waals surface area contributed by atoms with Gasteiger partial charge in [-0.1, -0.05) is 12.1 Å². The molecule has 3 nitrogen and oxygen atoms in total. The highest BCUT2D eigenvalue weighted by Gasteiger charge is 2.37. The number of benzene rings is 1. The molecule has 2 rings (SSSR count). The third-order valence-electron chi connectivity index (χ3n) is 2.50. The van der Waals surface area contributed by atoms with Crippen molar-refractivity contribution in [3.8, 4) is 0 Å². The summed E-state index contributed by atoms with van der Waals surface area (Å²) in [5.41, 5.74) is 0.746. The second-order valence-electron chi connectivity index (χ2n) is 3.39. The summed E-state index contributed by atoms with van der Waals surface area (Å²) >= 11 is 0. The maximum Gasteiger partial charge on any atom is 0.321 e. The van der Waals surface area contributed by atoms with Gasteiger partial charge in [-0.2, -0.15) is 0 Å².